The van der Waals surface area contributed by atoms with Crippen LogP contribution in [0.3, 0.4) is 0 Å². The first-order valence-electron chi connectivity index (χ1n) is 6.22. The van der Waals surface area contributed by atoms with Crippen LogP contribution in [-0.4, -0.2) is 24.5 Å². The summed E-state index contributed by atoms with van der Waals surface area (Å²) in [5, 5.41) is 0. The molecule has 2 aliphatic rings. The molecule has 3 rings (SSSR count). The van der Waals surface area contributed by atoms with Crippen molar-refractivity contribution in [3.63, 3.8) is 0 Å². The average molecular weight is 245 g/mol. The van der Waals surface area contributed by atoms with Crippen molar-refractivity contribution in [2.24, 2.45) is 5.92 Å². The van der Waals surface area contributed by atoms with E-state index in [2.05, 4.69) is 0 Å². The number of nitrogens with zero attached hydrogens (tertiary/aromatic N) is 1. The molecular weight excluding hydrogens is 230 g/mol. The molecule has 0 unspecified atom stereocenters. The molecule has 1 aromatic rings. The van der Waals surface area contributed by atoms with Crippen LogP contribution in [0.25, 0.3) is 0 Å². The summed E-state index contributed by atoms with van der Waals surface area (Å²) in [4.78, 5) is 25.3. The molecule has 1 heterocycles. The van der Waals surface area contributed by atoms with Gasteiger partial charge in [-0.2, -0.15) is 0 Å². The van der Waals surface area contributed by atoms with Crippen LogP contribution in [0.4, 0.5) is 5.69 Å². The van der Waals surface area contributed by atoms with Crippen molar-refractivity contribution in [2.75, 3.05) is 11.5 Å². The Morgan fingerprint density at radius 2 is 2.06 bits per heavy atom. The molecule has 0 saturated heterocycles. The fourth-order valence-electron chi connectivity index (χ4n) is 3.05. The highest BCUT2D eigenvalue weighted by Crippen LogP contribution is 2.60. The lowest BCUT2D eigenvalue weighted by Crippen LogP contribution is -2.32. The number of carbonyl (C=O) groups is 2. The number of benzene rings is 1. The number of ether oxygens (including phenoxy) is 1. The van der Waals surface area contributed by atoms with E-state index in [1.807, 2.05) is 24.3 Å². The number of anilines is 1. The summed E-state index contributed by atoms with van der Waals surface area (Å²) in [5.41, 5.74) is 2.04. The van der Waals surface area contributed by atoms with Crippen LogP contribution in [0.2, 0.25) is 0 Å². The van der Waals surface area contributed by atoms with Crippen LogP contribution in [-0.2, 0) is 14.3 Å². The highest BCUT2D eigenvalue weighted by Gasteiger charge is 2.65. The molecular formula is C14H15NO3. The summed E-state index contributed by atoms with van der Waals surface area (Å²) in [5.74, 6) is -0.247. The maximum Gasteiger partial charge on any atom is 0.311 e. The van der Waals surface area contributed by atoms with Crippen LogP contribution in [0, 0.1) is 5.92 Å². The maximum atomic E-state index is 11.8. The summed E-state index contributed by atoms with van der Waals surface area (Å²) in [6.07, 6.45) is 0. The molecule has 0 spiro atoms. The Morgan fingerprint density at radius 1 is 1.33 bits per heavy atom. The van der Waals surface area contributed by atoms with Gasteiger partial charge in [0.15, 0.2) is 0 Å². The summed E-state index contributed by atoms with van der Waals surface area (Å²) in [7, 11) is 0. The fraction of sp³-hybridized carbons (Fsp3) is 0.429. The smallest absolute Gasteiger partial charge is 0.311 e. The van der Waals surface area contributed by atoms with Crippen molar-refractivity contribution in [2.45, 2.75) is 25.8 Å². The monoisotopic (exact) mass is 245 g/mol. The first-order chi connectivity index (χ1) is 8.66. The quantitative estimate of drug-likeness (QED) is 0.745. The Morgan fingerprint density at radius 3 is 2.72 bits per heavy atom. The largest absolute Gasteiger partial charge is 0.466 e. The normalized spacial score (nSPS) is 27.4. The van der Waals surface area contributed by atoms with E-state index < -0.39 is 0 Å². The molecule has 4 nitrogen and oxygen atoms in total. The van der Waals surface area contributed by atoms with E-state index in [1.165, 1.54) is 0 Å². The minimum Gasteiger partial charge on any atom is -0.466 e. The van der Waals surface area contributed by atoms with E-state index in [0.717, 1.165) is 11.3 Å². The predicted octanol–water partition coefficient (Wildman–Crippen LogP) is 1.70. The van der Waals surface area contributed by atoms with Gasteiger partial charge < -0.3 is 9.64 Å². The van der Waals surface area contributed by atoms with Crippen molar-refractivity contribution in [1.82, 2.24) is 0 Å². The van der Waals surface area contributed by atoms with Gasteiger partial charge in [-0.3, -0.25) is 9.59 Å². The number of hydrogen-bond acceptors (Lipinski definition) is 3. The van der Waals surface area contributed by atoms with Gasteiger partial charge in [0.25, 0.3) is 0 Å². The number of para-hydroxylation sites is 1. The van der Waals surface area contributed by atoms with Gasteiger partial charge in [-0.15, -0.1) is 0 Å². The molecule has 1 fully saturated rings. The van der Waals surface area contributed by atoms with Crippen molar-refractivity contribution >= 4 is 17.6 Å². The molecule has 0 radical (unpaired) electrons. The van der Waals surface area contributed by atoms with Gasteiger partial charge in [0.2, 0.25) is 5.91 Å². The average Bonchev–Trinajstić information content (AvgIpc) is 2.96. The zero-order valence-corrected chi connectivity index (χ0v) is 10.4. The number of esters is 1. The van der Waals surface area contributed by atoms with Gasteiger partial charge in [0.1, 0.15) is 0 Å². The molecule has 0 bridgehead atoms. The third kappa shape index (κ3) is 1.38. The molecule has 1 aromatic carbocycles. The highest BCUT2D eigenvalue weighted by molar-refractivity contribution is 6.00. The van der Waals surface area contributed by atoms with Crippen LogP contribution < -0.4 is 4.90 Å². The summed E-state index contributed by atoms with van der Waals surface area (Å²) < 4.78 is 5.07. The Bertz CT molecular complexity index is 526. The third-order valence-corrected chi connectivity index (χ3v) is 3.73. The molecule has 4 heteroatoms. The van der Waals surface area contributed by atoms with Crippen LogP contribution in [0.15, 0.2) is 24.3 Å². The molecule has 1 aliphatic carbocycles. The predicted molar refractivity (Wildman–Crippen MR) is 66.3 cm³/mol. The molecule has 94 valence electrons. The second-order valence-electron chi connectivity index (χ2n) is 4.74. The van der Waals surface area contributed by atoms with E-state index >= 15 is 0 Å². The fourth-order valence-corrected chi connectivity index (χ4v) is 3.05. The van der Waals surface area contributed by atoms with Crippen LogP contribution in [0.5, 0.6) is 0 Å². The SMILES string of the molecule is CCOC(=O)[C@H]1[C@H]2c3ccccc3N(C(C)=O)[C@@H]12. The van der Waals surface area contributed by atoms with Crippen molar-refractivity contribution in [3.8, 4) is 0 Å². The van der Waals surface area contributed by atoms with Crippen molar-refractivity contribution < 1.29 is 14.3 Å². The summed E-state index contributed by atoms with van der Waals surface area (Å²) in [6.45, 7) is 3.73. The Balaban J connectivity index is 1.95. The maximum absolute atomic E-state index is 11.8. The summed E-state index contributed by atoms with van der Waals surface area (Å²) >= 11 is 0. The number of amides is 1. The minimum atomic E-state index is -0.187. The van der Waals surface area contributed by atoms with E-state index in [9.17, 15) is 9.59 Å². The molecule has 0 N–H and O–H groups in total. The Hall–Kier alpha value is -1.84. The van der Waals surface area contributed by atoms with E-state index in [-0.39, 0.29) is 29.8 Å². The molecule has 1 saturated carbocycles. The van der Waals surface area contributed by atoms with Gasteiger partial charge >= 0.3 is 5.97 Å². The topological polar surface area (TPSA) is 46.6 Å². The number of rotatable bonds is 2. The minimum absolute atomic E-state index is 0.0123. The second-order valence-corrected chi connectivity index (χ2v) is 4.74. The summed E-state index contributed by atoms with van der Waals surface area (Å²) in [6, 6.07) is 7.76. The molecule has 1 amide bonds. The number of hydrogen-bond donors (Lipinski definition) is 0. The second kappa shape index (κ2) is 3.83. The van der Waals surface area contributed by atoms with E-state index in [4.69, 9.17) is 4.74 Å². The van der Waals surface area contributed by atoms with Crippen molar-refractivity contribution in [3.05, 3.63) is 29.8 Å². The van der Waals surface area contributed by atoms with E-state index in [1.54, 1.807) is 18.7 Å². The first-order valence-corrected chi connectivity index (χ1v) is 6.22. The Labute approximate surface area is 106 Å². The molecule has 0 aromatic heterocycles. The Kier molecular flexibility index (Phi) is 2.40. The lowest BCUT2D eigenvalue weighted by Gasteiger charge is -2.20. The van der Waals surface area contributed by atoms with Gasteiger partial charge in [-0.25, -0.2) is 0 Å². The van der Waals surface area contributed by atoms with Gasteiger partial charge in [-0.05, 0) is 18.6 Å². The molecule has 18 heavy (non-hydrogen) atoms. The van der Waals surface area contributed by atoms with E-state index in [0.29, 0.717) is 6.61 Å². The lowest BCUT2D eigenvalue weighted by molar-refractivity contribution is -0.144. The van der Waals surface area contributed by atoms with Gasteiger partial charge in [-0.1, -0.05) is 18.2 Å². The number of carbonyl (C=O) groups excluding carboxylic acids is 2. The first kappa shape index (κ1) is 11.3. The molecule has 3 atom stereocenters. The van der Waals surface area contributed by atoms with Crippen LogP contribution in [0.1, 0.15) is 25.3 Å². The van der Waals surface area contributed by atoms with Gasteiger partial charge in [0.05, 0.1) is 18.6 Å². The zero-order chi connectivity index (χ0) is 12.9. The van der Waals surface area contributed by atoms with Crippen molar-refractivity contribution in [1.29, 1.82) is 0 Å². The number of fused-ring (bicyclic) bond motifs is 3. The lowest BCUT2D eigenvalue weighted by atomic mass is 10.1. The zero-order valence-electron chi connectivity index (χ0n) is 10.4. The standard InChI is InChI=1S/C14H15NO3/c1-3-18-14(17)12-11-9-6-4-5-7-10(9)15(8(2)16)13(11)12/h4-7,11-13H,3H2,1-2H3/t11-,12+,13-/m1/s1. The highest BCUT2D eigenvalue weighted by atomic mass is 16.5. The third-order valence-electron chi connectivity index (χ3n) is 3.73. The molecule has 1 aliphatic heterocycles. The van der Waals surface area contributed by atoms with Gasteiger partial charge in [0, 0.05) is 18.5 Å². The van der Waals surface area contributed by atoms with Crippen LogP contribution >= 0.6 is 0 Å².